The number of nitriles is 1. The van der Waals surface area contributed by atoms with Crippen molar-refractivity contribution in [3.63, 3.8) is 0 Å². The van der Waals surface area contributed by atoms with Gasteiger partial charge in [-0.15, -0.1) is 0 Å². The molecule has 3 fully saturated rings. The Morgan fingerprint density at radius 2 is 1.29 bits per heavy atom. The predicted molar refractivity (Wildman–Crippen MR) is 225 cm³/mol. The van der Waals surface area contributed by atoms with E-state index in [-0.39, 0.29) is 0 Å². The minimum absolute atomic E-state index is 0.417. The molecule has 0 amide bonds. The molecule has 3 heterocycles. The monoisotopic (exact) mass is 785 g/mol. The van der Waals surface area contributed by atoms with E-state index < -0.39 is 0 Å². The van der Waals surface area contributed by atoms with E-state index in [9.17, 15) is 0 Å². The lowest BCUT2D eigenvalue weighted by atomic mass is 9.55. The number of aryl methyl sites for hydroxylation is 2. The molecule has 12 atom stereocenters. The van der Waals surface area contributed by atoms with Crippen LogP contribution in [0.4, 0.5) is 0 Å². The molecule has 2 aromatic heterocycles. The maximum atomic E-state index is 8.77. The zero-order valence-corrected chi connectivity index (χ0v) is 36.1. The van der Waals surface area contributed by atoms with Crippen LogP contribution in [0.25, 0.3) is 21.8 Å². The van der Waals surface area contributed by atoms with Gasteiger partial charge in [-0.2, -0.15) is 15.5 Å². The van der Waals surface area contributed by atoms with Crippen molar-refractivity contribution in [1.29, 1.82) is 16.0 Å². The Morgan fingerprint density at radius 3 is 1.82 bits per heavy atom. The summed E-state index contributed by atoms with van der Waals surface area (Å²) in [4.78, 5) is 4.39. The lowest BCUT2D eigenvalue weighted by Gasteiger charge is -2.50. The normalized spacial score (nSPS) is 32.3. The van der Waals surface area contributed by atoms with Gasteiger partial charge in [-0.05, 0) is 126 Å². The predicted octanol–water partition coefficient (Wildman–Crippen LogP) is 10.7. The average Bonchev–Trinajstić information content (AvgIpc) is 4.00. The van der Waals surface area contributed by atoms with Gasteiger partial charge >= 0.3 is 0 Å². The third kappa shape index (κ3) is 8.26. The molecule has 0 bridgehead atoms. The first kappa shape index (κ1) is 42.5. The second-order valence-electron chi connectivity index (χ2n) is 17.5. The molecule has 9 nitrogen and oxygen atoms in total. The van der Waals surface area contributed by atoms with Crippen LogP contribution in [0, 0.1) is 99.0 Å². The van der Waals surface area contributed by atoms with Crippen molar-refractivity contribution in [2.24, 2.45) is 96.0 Å². The molecule has 12 unspecified atom stereocenters. The van der Waals surface area contributed by atoms with Crippen LogP contribution in [0.2, 0.25) is 10.0 Å². The van der Waals surface area contributed by atoms with Crippen LogP contribution >= 0.6 is 23.2 Å². The first-order valence-electron chi connectivity index (χ1n) is 20.3. The van der Waals surface area contributed by atoms with Gasteiger partial charge in [0, 0.05) is 52.2 Å². The van der Waals surface area contributed by atoms with Gasteiger partial charge in [0.2, 0.25) is 0 Å². The highest BCUT2D eigenvalue weighted by Gasteiger charge is 2.57. The number of nitrogens with one attached hydrogen (secondary N) is 1. The van der Waals surface area contributed by atoms with Gasteiger partial charge in [-0.25, -0.2) is 0 Å². The number of nitrogens with zero attached hydrogens (tertiary/aromatic N) is 8. The van der Waals surface area contributed by atoms with Crippen molar-refractivity contribution in [1.82, 2.24) is 24.9 Å². The van der Waals surface area contributed by atoms with E-state index >= 15 is 0 Å². The largest absolute Gasteiger partial charge is 0.367 e. The zero-order chi connectivity index (χ0) is 40.5. The smallest absolute Gasteiger partial charge is 0.170 e. The van der Waals surface area contributed by atoms with Crippen LogP contribution in [-0.2, 0) is 14.1 Å². The molecule has 3 aliphatic carbocycles. The van der Waals surface area contributed by atoms with Crippen LogP contribution in [-0.4, -0.2) is 38.5 Å². The average molecular weight is 787 g/mol. The van der Waals surface area contributed by atoms with E-state index in [0.717, 1.165) is 128 Å². The van der Waals surface area contributed by atoms with E-state index in [1.165, 1.54) is 12.8 Å². The summed E-state index contributed by atoms with van der Waals surface area (Å²) in [6.07, 6.45) is 3.04. The number of aromatic nitrogens is 4. The van der Waals surface area contributed by atoms with E-state index in [2.05, 4.69) is 82.8 Å². The highest BCUT2D eigenvalue weighted by atomic mass is 35.5. The van der Waals surface area contributed by atoms with Crippen molar-refractivity contribution in [2.75, 3.05) is 13.1 Å². The Hall–Kier alpha value is -3.66. The molecular weight excluding hydrogens is 725 g/mol. The Morgan fingerprint density at radius 1 is 0.727 bits per heavy atom. The van der Waals surface area contributed by atoms with Crippen molar-refractivity contribution in [3.8, 4) is 6.07 Å². The summed E-state index contributed by atoms with van der Waals surface area (Å²) in [5.74, 6) is 13.2. The Bertz CT molecular complexity index is 2040. The summed E-state index contributed by atoms with van der Waals surface area (Å²) in [6.45, 7) is 24.7. The fourth-order valence-electron chi connectivity index (χ4n) is 11.1. The van der Waals surface area contributed by atoms with Gasteiger partial charge in [0.1, 0.15) is 17.6 Å². The number of hydrogen-bond donors (Lipinski definition) is 1. The molecule has 11 heteroatoms. The maximum Gasteiger partial charge on any atom is 0.170 e. The molecule has 2 aromatic carbocycles. The van der Waals surface area contributed by atoms with Gasteiger partial charge in [0.05, 0.1) is 17.6 Å². The molecule has 0 spiro atoms. The van der Waals surface area contributed by atoms with Crippen LogP contribution in [0.3, 0.4) is 0 Å². The molecule has 0 saturated heterocycles. The Balaban J connectivity index is 0.000000162. The summed E-state index contributed by atoms with van der Waals surface area (Å²) < 4.78 is 3.52. The minimum atomic E-state index is 0.417. The van der Waals surface area contributed by atoms with Gasteiger partial charge in [-0.1, -0.05) is 85.5 Å². The summed E-state index contributed by atoms with van der Waals surface area (Å²) in [7, 11) is 3.73. The van der Waals surface area contributed by atoms with Crippen LogP contribution in [0.1, 0.15) is 86.5 Å². The molecular formula is C44H61Cl2N9. The molecule has 3 saturated carbocycles. The number of hydrogen-bond acceptors (Lipinski definition) is 7. The summed E-state index contributed by atoms with van der Waals surface area (Å²) >= 11 is 11.8. The van der Waals surface area contributed by atoms with Crippen molar-refractivity contribution < 1.29 is 0 Å². The van der Waals surface area contributed by atoms with Crippen LogP contribution < -0.4 is 5.32 Å². The topological polar surface area (TPSA) is 131 Å². The van der Waals surface area contributed by atoms with Gasteiger partial charge in [-0.3, -0.25) is 14.4 Å². The zero-order valence-electron chi connectivity index (χ0n) is 34.6. The third-order valence-electron chi connectivity index (χ3n) is 14.8. The number of benzene rings is 2. The fraction of sp³-hybridized carbons (Fsp3) is 0.636. The highest BCUT2D eigenvalue weighted by Crippen LogP contribution is 2.63. The number of rotatable bonds is 3. The molecule has 55 heavy (non-hydrogen) atoms. The molecule has 296 valence electrons. The fourth-order valence-corrected chi connectivity index (χ4v) is 11.5. The van der Waals surface area contributed by atoms with Crippen molar-refractivity contribution in [3.05, 3.63) is 57.8 Å². The van der Waals surface area contributed by atoms with Crippen molar-refractivity contribution in [2.45, 2.75) is 75.2 Å². The second-order valence-corrected chi connectivity index (χ2v) is 18.4. The highest BCUT2D eigenvalue weighted by molar-refractivity contribution is 6.31. The van der Waals surface area contributed by atoms with Gasteiger partial charge in [0.25, 0.3) is 0 Å². The molecule has 1 N–H and O–H groups in total. The SMILES string of the molecule is CC(C)C1CC(C2CC(C)C(C)C2C)C2C(C)C(C)C(C)C(C)C12.Cn1nc(C#N)c2cc(Cl)ccc21.Cn1nc(C2=NCCN2)c2cc(Cl)ccc21.N#N. The molecule has 8 rings (SSSR count). The van der Waals surface area contributed by atoms with Crippen LogP contribution in [0.15, 0.2) is 41.4 Å². The number of fused-ring (bicyclic) bond motifs is 3. The molecule has 4 aliphatic rings. The Labute approximate surface area is 338 Å². The lowest BCUT2D eigenvalue weighted by Crippen LogP contribution is -2.45. The second kappa shape index (κ2) is 17.6. The number of aliphatic imine (C=N–C) groups is 1. The number of amidine groups is 1. The van der Waals surface area contributed by atoms with E-state index in [1.807, 2.05) is 42.1 Å². The quantitative estimate of drug-likeness (QED) is 0.206. The first-order valence-corrected chi connectivity index (χ1v) is 21.0. The molecule has 0 radical (unpaired) electrons. The summed E-state index contributed by atoms with van der Waals surface area (Å²) in [5.41, 5.74) is 3.29. The van der Waals surface area contributed by atoms with E-state index in [0.29, 0.717) is 10.7 Å². The summed E-state index contributed by atoms with van der Waals surface area (Å²) in [6, 6.07) is 13.2. The lowest BCUT2D eigenvalue weighted by molar-refractivity contribution is -0.0201. The minimum Gasteiger partial charge on any atom is -0.367 e. The summed E-state index contributed by atoms with van der Waals surface area (Å²) in [5, 5.41) is 35.7. The van der Waals surface area contributed by atoms with E-state index in [4.69, 9.17) is 39.2 Å². The van der Waals surface area contributed by atoms with E-state index in [1.54, 1.807) is 23.9 Å². The van der Waals surface area contributed by atoms with Crippen molar-refractivity contribution >= 4 is 50.8 Å². The Kier molecular flexibility index (Phi) is 13.6. The number of halogens is 2. The first-order chi connectivity index (χ1) is 26.1. The molecule has 4 aromatic rings. The van der Waals surface area contributed by atoms with Gasteiger partial charge in [0.15, 0.2) is 5.69 Å². The standard InChI is InChI=1S/C24H44.C11H11ClN4.C9H6ClN3.N2/c1-12(2)20-11-22(21-10-13(3)14(4)17(21)7)24-19(9)16(6)15(5)18(8)23(20)24;1-16-9-3-2-7(12)6-8(9)10(15-16)11-13-4-5-14-11;1-13-9-3-2-6(10)4-7(9)8(5-11)12-13;1-2/h12-24H,10-11H2,1-9H3;2-3,6H,4-5H2,1H3,(H,13,14);2-4H,1H3;. The van der Waals surface area contributed by atoms with Gasteiger partial charge < -0.3 is 5.32 Å². The molecule has 1 aliphatic heterocycles. The maximum absolute atomic E-state index is 8.77. The third-order valence-corrected chi connectivity index (χ3v) is 15.2. The van der Waals surface area contributed by atoms with Crippen LogP contribution in [0.5, 0.6) is 0 Å².